The molecule has 0 aliphatic carbocycles. The molecule has 0 bridgehead atoms. The molecule has 3 nitrogen and oxygen atoms in total. The van der Waals surface area contributed by atoms with Crippen molar-refractivity contribution in [1.29, 1.82) is 0 Å². The minimum atomic E-state index is -1.65. The molecule has 2 rings (SSSR count). The lowest BCUT2D eigenvalue weighted by Crippen LogP contribution is -2.54. The number of morpholine rings is 1. The van der Waals surface area contributed by atoms with Crippen LogP contribution in [-0.4, -0.2) is 30.3 Å². The van der Waals surface area contributed by atoms with Crippen molar-refractivity contribution in [1.82, 2.24) is 4.98 Å². The Morgan fingerprint density at radius 2 is 1.67 bits per heavy atom. The van der Waals surface area contributed by atoms with Crippen LogP contribution in [0.1, 0.15) is 13.8 Å². The molecule has 0 aromatic carbocycles. The number of hydrogen-bond donors (Lipinski definition) is 0. The van der Waals surface area contributed by atoms with Gasteiger partial charge in [-0.15, -0.1) is 0 Å². The first-order valence-electron chi connectivity index (χ1n) is 5.40. The van der Waals surface area contributed by atoms with Crippen LogP contribution in [0.4, 0.5) is 23.2 Å². The third-order valence-corrected chi connectivity index (χ3v) is 2.89. The molecule has 1 aliphatic heterocycles. The maximum atomic E-state index is 13.6. The van der Waals surface area contributed by atoms with Gasteiger partial charge in [-0.1, -0.05) is 0 Å². The van der Waals surface area contributed by atoms with Gasteiger partial charge in [-0.2, -0.15) is 22.5 Å². The highest BCUT2D eigenvalue weighted by Gasteiger charge is 2.36. The Balaban J connectivity index is 2.56. The zero-order valence-electron chi connectivity index (χ0n) is 9.94. The highest BCUT2D eigenvalue weighted by Crippen LogP contribution is 2.32. The molecule has 7 heteroatoms. The Morgan fingerprint density at radius 1 is 1.11 bits per heavy atom. The molecule has 1 aliphatic rings. The van der Waals surface area contributed by atoms with E-state index in [0.29, 0.717) is 0 Å². The molecule has 0 spiro atoms. The minimum Gasteiger partial charge on any atom is -0.377 e. The van der Waals surface area contributed by atoms with Gasteiger partial charge in [-0.05, 0) is 13.8 Å². The summed E-state index contributed by atoms with van der Waals surface area (Å²) in [5.74, 6) is -6.26. The second kappa shape index (κ2) is 4.38. The van der Waals surface area contributed by atoms with Crippen molar-refractivity contribution >= 4 is 5.69 Å². The number of anilines is 1. The van der Waals surface area contributed by atoms with Crippen molar-refractivity contribution < 1.29 is 22.3 Å². The smallest absolute Gasteiger partial charge is 0.253 e. The second-order valence-corrected chi connectivity index (χ2v) is 4.69. The Hall–Kier alpha value is -1.37. The lowest BCUT2D eigenvalue weighted by Gasteiger charge is -2.43. The topological polar surface area (TPSA) is 25.4 Å². The van der Waals surface area contributed by atoms with Gasteiger partial charge >= 0.3 is 0 Å². The molecule has 0 N–H and O–H groups in total. The molecule has 0 amide bonds. The molecule has 0 radical (unpaired) electrons. The van der Waals surface area contributed by atoms with Crippen LogP contribution in [0.25, 0.3) is 0 Å². The van der Waals surface area contributed by atoms with Crippen LogP contribution >= 0.6 is 0 Å². The molecule has 0 atom stereocenters. The van der Waals surface area contributed by atoms with Crippen molar-refractivity contribution in [2.24, 2.45) is 0 Å². The summed E-state index contributed by atoms with van der Waals surface area (Å²) in [5.41, 5.74) is -1.49. The van der Waals surface area contributed by atoms with E-state index in [-0.39, 0.29) is 19.8 Å². The van der Waals surface area contributed by atoms with E-state index in [9.17, 15) is 17.6 Å². The highest BCUT2D eigenvalue weighted by molar-refractivity contribution is 5.51. The predicted molar refractivity (Wildman–Crippen MR) is 56.3 cm³/mol. The SMILES string of the molecule is CC1(C)COCCN1c1c(F)c(F)nc(F)c1F. The van der Waals surface area contributed by atoms with Crippen LogP contribution in [-0.2, 0) is 4.74 Å². The molecule has 0 saturated carbocycles. The summed E-state index contributed by atoms with van der Waals surface area (Å²) in [6.07, 6.45) is 0. The molecular formula is C11H12F4N2O. The van der Waals surface area contributed by atoms with Crippen LogP contribution < -0.4 is 4.90 Å². The summed E-state index contributed by atoms with van der Waals surface area (Å²) in [7, 11) is 0. The molecule has 0 unspecified atom stereocenters. The molecule has 1 saturated heterocycles. The van der Waals surface area contributed by atoms with E-state index in [1.54, 1.807) is 13.8 Å². The van der Waals surface area contributed by atoms with Gasteiger partial charge in [-0.25, -0.2) is 0 Å². The molecule has 100 valence electrons. The number of nitrogens with zero attached hydrogens (tertiary/aromatic N) is 2. The average Bonchev–Trinajstić information content (AvgIpc) is 2.29. The van der Waals surface area contributed by atoms with Gasteiger partial charge in [0.1, 0.15) is 5.69 Å². The summed E-state index contributed by atoms with van der Waals surface area (Å²) < 4.78 is 58.6. The Bertz CT molecular complexity index is 452. The standard InChI is InChI=1S/C11H12F4N2O/c1-11(2)5-18-4-3-17(11)8-6(12)9(14)16-10(15)7(8)13/h3-5H2,1-2H3. The fourth-order valence-electron chi connectivity index (χ4n) is 1.99. The molecule has 1 aromatic rings. The second-order valence-electron chi connectivity index (χ2n) is 4.69. The van der Waals surface area contributed by atoms with Gasteiger partial charge in [0, 0.05) is 6.54 Å². The first-order chi connectivity index (χ1) is 8.34. The lowest BCUT2D eigenvalue weighted by atomic mass is 10.0. The normalized spacial score (nSPS) is 19.1. The van der Waals surface area contributed by atoms with Gasteiger partial charge < -0.3 is 9.64 Å². The first-order valence-corrected chi connectivity index (χ1v) is 5.40. The maximum Gasteiger partial charge on any atom is 0.253 e. The lowest BCUT2D eigenvalue weighted by molar-refractivity contribution is 0.0632. The maximum absolute atomic E-state index is 13.6. The van der Waals surface area contributed by atoms with Crippen LogP contribution in [0.2, 0.25) is 0 Å². The first kappa shape index (κ1) is 13.1. The molecule has 2 heterocycles. The van der Waals surface area contributed by atoms with E-state index in [0.717, 1.165) is 0 Å². The monoisotopic (exact) mass is 264 g/mol. The number of pyridine rings is 1. The van der Waals surface area contributed by atoms with Gasteiger partial charge in [0.15, 0.2) is 0 Å². The molecule has 18 heavy (non-hydrogen) atoms. The zero-order chi connectivity index (χ0) is 13.5. The Kier molecular flexibility index (Phi) is 3.18. The predicted octanol–water partition coefficient (Wildman–Crippen LogP) is 2.25. The summed E-state index contributed by atoms with van der Waals surface area (Å²) in [6.45, 7) is 3.91. The van der Waals surface area contributed by atoms with Crippen molar-refractivity contribution in [3.8, 4) is 0 Å². The summed E-state index contributed by atoms with van der Waals surface area (Å²) in [4.78, 5) is 3.79. The third kappa shape index (κ3) is 2.03. The van der Waals surface area contributed by atoms with Gasteiger partial charge in [0.05, 0.1) is 18.8 Å². The Morgan fingerprint density at radius 3 is 2.17 bits per heavy atom. The third-order valence-electron chi connectivity index (χ3n) is 2.89. The largest absolute Gasteiger partial charge is 0.377 e. The highest BCUT2D eigenvalue weighted by atomic mass is 19.2. The molecule has 1 fully saturated rings. The van der Waals surface area contributed by atoms with Gasteiger partial charge in [0.25, 0.3) is 11.9 Å². The van der Waals surface area contributed by atoms with E-state index < -0.39 is 34.8 Å². The minimum absolute atomic E-state index is 0.143. The van der Waals surface area contributed by atoms with Crippen molar-refractivity contribution in [2.45, 2.75) is 19.4 Å². The summed E-state index contributed by atoms with van der Waals surface area (Å²) in [5, 5.41) is 0. The van der Waals surface area contributed by atoms with E-state index in [2.05, 4.69) is 4.98 Å². The van der Waals surface area contributed by atoms with Crippen LogP contribution in [0.15, 0.2) is 0 Å². The molecule has 1 aromatic heterocycles. The fraction of sp³-hybridized carbons (Fsp3) is 0.545. The molecular weight excluding hydrogens is 252 g/mol. The number of ether oxygens (including phenoxy) is 1. The number of aromatic nitrogens is 1. The van der Waals surface area contributed by atoms with Crippen molar-refractivity contribution in [3.63, 3.8) is 0 Å². The van der Waals surface area contributed by atoms with Gasteiger partial charge in [0.2, 0.25) is 11.6 Å². The van der Waals surface area contributed by atoms with Crippen LogP contribution in [0.3, 0.4) is 0 Å². The van der Waals surface area contributed by atoms with Crippen molar-refractivity contribution in [2.75, 3.05) is 24.7 Å². The zero-order valence-corrected chi connectivity index (χ0v) is 9.94. The summed E-state index contributed by atoms with van der Waals surface area (Å²) in [6, 6.07) is 0. The average molecular weight is 264 g/mol. The van der Waals surface area contributed by atoms with Gasteiger partial charge in [-0.3, -0.25) is 0 Å². The van der Waals surface area contributed by atoms with E-state index >= 15 is 0 Å². The number of hydrogen-bond acceptors (Lipinski definition) is 3. The van der Waals surface area contributed by atoms with Crippen LogP contribution in [0, 0.1) is 23.5 Å². The van der Waals surface area contributed by atoms with E-state index in [4.69, 9.17) is 4.74 Å². The quantitative estimate of drug-likeness (QED) is 0.574. The fourth-order valence-corrected chi connectivity index (χ4v) is 1.99. The Labute approximate surface area is 101 Å². The number of rotatable bonds is 1. The number of halogens is 4. The van der Waals surface area contributed by atoms with Crippen LogP contribution in [0.5, 0.6) is 0 Å². The summed E-state index contributed by atoms with van der Waals surface area (Å²) >= 11 is 0. The van der Waals surface area contributed by atoms with Crippen molar-refractivity contribution in [3.05, 3.63) is 23.5 Å². The van der Waals surface area contributed by atoms with E-state index in [1.165, 1.54) is 4.90 Å². The van der Waals surface area contributed by atoms with E-state index in [1.807, 2.05) is 0 Å².